The van der Waals surface area contributed by atoms with Gasteiger partial charge in [0, 0.05) is 27.1 Å². The van der Waals surface area contributed by atoms with Gasteiger partial charge < -0.3 is 9.13 Å². The van der Waals surface area contributed by atoms with Crippen LogP contribution >= 0.6 is 0 Å². The highest BCUT2D eigenvalue weighted by Gasteiger charge is 2.21. The van der Waals surface area contributed by atoms with Crippen molar-refractivity contribution >= 4 is 43.6 Å². The lowest BCUT2D eigenvalue weighted by molar-refractivity contribution is 1.16. The lowest BCUT2D eigenvalue weighted by Gasteiger charge is -2.17. The summed E-state index contributed by atoms with van der Waals surface area (Å²) in [6, 6.07) is 30.5. The van der Waals surface area contributed by atoms with Crippen molar-refractivity contribution in [1.29, 1.82) is 15.8 Å². The molecule has 0 saturated carbocycles. The van der Waals surface area contributed by atoms with Crippen molar-refractivity contribution in [2.24, 2.45) is 0 Å². The van der Waals surface area contributed by atoms with Crippen molar-refractivity contribution in [3.05, 3.63) is 144 Å². The van der Waals surface area contributed by atoms with Crippen molar-refractivity contribution in [3.63, 3.8) is 0 Å². The molecular formula is C39H21N5. The standard InChI is InChI=1S/C39H21N5/c40-22-25-16-19-37-33(20-25)32-11-3-6-15-36(32)44(37)39-28(24-42)8-7-12-29(39)26-17-18-27(23-41)38(21-26)43-34-13-4-1-9-30(34)31-10-2-5-14-35(31)43/h1-21H/i7D,8D,12D,17D,18D,21D. The first kappa shape index (κ1) is 19.5. The third-order valence-corrected chi connectivity index (χ3v) is 7.94. The van der Waals surface area contributed by atoms with E-state index in [-0.39, 0.29) is 39.7 Å². The topological polar surface area (TPSA) is 81.2 Å². The van der Waals surface area contributed by atoms with Crippen LogP contribution in [0.5, 0.6) is 0 Å². The van der Waals surface area contributed by atoms with Gasteiger partial charge in [-0.1, -0.05) is 72.7 Å². The number of hydrogen-bond donors (Lipinski definition) is 0. The Labute approximate surface area is 261 Å². The largest absolute Gasteiger partial charge is 0.308 e. The predicted molar refractivity (Wildman–Crippen MR) is 175 cm³/mol. The molecule has 202 valence electrons. The number of hydrogen-bond acceptors (Lipinski definition) is 3. The summed E-state index contributed by atoms with van der Waals surface area (Å²) in [5, 5.41) is 33.8. The zero-order valence-electron chi connectivity index (χ0n) is 28.9. The van der Waals surface area contributed by atoms with E-state index < -0.39 is 30.2 Å². The second kappa shape index (κ2) is 9.74. The summed E-state index contributed by atoms with van der Waals surface area (Å²) in [5.41, 5.74) is 1.95. The fraction of sp³-hybridized carbons (Fsp3) is 0. The second-order valence-electron chi connectivity index (χ2n) is 10.2. The Morgan fingerprint density at radius 1 is 0.545 bits per heavy atom. The molecule has 0 fully saturated rings. The van der Waals surface area contributed by atoms with E-state index in [9.17, 15) is 19.9 Å². The Balaban J connectivity index is 1.61. The highest BCUT2D eigenvalue weighted by Crippen LogP contribution is 2.40. The fourth-order valence-corrected chi connectivity index (χ4v) is 6.10. The highest BCUT2D eigenvalue weighted by atomic mass is 15.0. The number of fused-ring (bicyclic) bond motifs is 6. The summed E-state index contributed by atoms with van der Waals surface area (Å²) in [6.07, 6.45) is 0. The van der Waals surface area contributed by atoms with Gasteiger partial charge in [0.25, 0.3) is 0 Å². The molecule has 0 saturated heterocycles. The van der Waals surface area contributed by atoms with E-state index in [0.29, 0.717) is 38.4 Å². The molecule has 0 N–H and O–H groups in total. The highest BCUT2D eigenvalue weighted by molar-refractivity contribution is 6.11. The predicted octanol–water partition coefficient (Wildman–Crippen LogP) is 9.16. The minimum atomic E-state index is -0.582. The fourth-order valence-electron chi connectivity index (χ4n) is 6.10. The van der Waals surface area contributed by atoms with E-state index >= 15 is 0 Å². The van der Waals surface area contributed by atoms with E-state index in [1.807, 2.05) is 60.7 Å². The van der Waals surface area contributed by atoms with Gasteiger partial charge in [0.05, 0.1) is 64.4 Å². The van der Waals surface area contributed by atoms with E-state index in [1.165, 1.54) is 0 Å². The molecule has 8 rings (SSSR count). The zero-order chi connectivity index (χ0) is 35.0. The first-order chi connectivity index (χ1) is 24.2. The zero-order valence-corrected chi connectivity index (χ0v) is 22.9. The Morgan fingerprint density at radius 2 is 1.14 bits per heavy atom. The van der Waals surface area contributed by atoms with E-state index in [2.05, 4.69) is 18.2 Å². The average molecular weight is 566 g/mol. The lowest BCUT2D eigenvalue weighted by atomic mass is 9.97. The summed E-state index contributed by atoms with van der Waals surface area (Å²) in [6.45, 7) is 0. The van der Waals surface area contributed by atoms with Crippen LogP contribution in [0, 0.1) is 34.0 Å². The molecule has 2 heterocycles. The summed E-state index contributed by atoms with van der Waals surface area (Å²) >= 11 is 0. The number of benzene rings is 6. The number of nitrogens with zero attached hydrogens (tertiary/aromatic N) is 5. The van der Waals surface area contributed by atoms with Gasteiger partial charge >= 0.3 is 0 Å². The van der Waals surface area contributed by atoms with Crippen LogP contribution in [-0.4, -0.2) is 9.13 Å². The maximum absolute atomic E-state index is 10.6. The third kappa shape index (κ3) is 3.56. The van der Waals surface area contributed by atoms with Crippen molar-refractivity contribution in [1.82, 2.24) is 9.13 Å². The Bertz CT molecular complexity index is 2880. The van der Waals surface area contributed by atoms with Gasteiger partial charge in [-0.25, -0.2) is 0 Å². The molecule has 2 aromatic heterocycles. The Morgan fingerprint density at radius 3 is 1.77 bits per heavy atom. The van der Waals surface area contributed by atoms with Crippen LogP contribution in [0.15, 0.2) is 127 Å². The number of rotatable bonds is 3. The third-order valence-electron chi connectivity index (χ3n) is 7.94. The van der Waals surface area contributed by atoms with Crippen molar-refractivity contribution < 1.29 is 8.22 Å². The smallest absolute Gasteiger partial charge is 0.101 e. The molecule has 5 heteroatoms. The molecule has 44 heavy (non-hydrogen) atoms. The maximum atomic E-state index is 10.6. The second-order valence-corrected chi connectivity index (χ2v) is 10.2. The van der Waals surface area contributed by atoms with Crippen LogP contribution in [0.2, 0.25) is 0 Å². The Kier molecular flexibility index (Phi) is 4.32. The van der Waals surface area contributed by atoms with Crippen LogP contribution in [0.25, 0.3) is 66.1 Å². The van der Waals surface area contributed by atoms with Gasteiger partial charge in [-0.05, 0) is 60.1 Å². The van der Waals surface area contributed by atoms with Gasteiger partial charge in [-0.3, -0.25) is 0 Å². The van der Waals surface area contributed by atoms with Crippen LogP contribution in [-0.2, 0) is 0 Å². The van der Waals surface area contributed by atoms with Gasteiger partial charge in [0.15, 0.2) is 0 Å². The molecule has 0 spiro atoms. The van der Waals surface area contributed by atoms with E-state index in [0.717, 1.165) is 10.8 Å². The first-order valence-corrected chi connectivity index (χ1v) is 13.7. The minimum Gasteiger partial charge on any atom is -0.308 e. The number of aromatic nitrogens is 2. The number of nitriles is 3. The molecule has 5 nitrogen and oxygen atoms in total. The van der Waals surface area contributed by atoms with Gasteiger partial charge in [0.2, 0.25) is 0 Å². The quantitative estimate of drug-likeness (QED) is 0.214. The molecule has 0 aliphatic rings. The Hall–Kier alpha value is -6.61. The van der Waals surface area contributed by atoms with Crippen LogP contribution in [0.1, 0.15) is 24.9 Å². The normalized spacial score (nSPS) is 13.0. The van der Waals surface area contributed by atoms with Crippen molar-refractivity contribution in [2.45, 2.75) is 0 Å². The molecule has 0 aliphatic carbocycles. The van der Waals surface area contributed by atoms with Gasteiger partial charge in [-0.15, -0.1) is 0 Å². The van der Waals surface area contributed by atoms with Gasteiger partial charge in [0.1, 0.15) is 12.1 Å². The van der Waals surface area contributed by atoms with Gasteiger partial charge in [-0.2, -0.15) is 15.8 Å². The first-order valence-electron chi connectivity index (χ1n) is 16.7. The molecule has 0 amide bonds. The number of para-hydroxylation sites is 4. The monoisotopic (exact) mass is 565 g/mol. The molecule has 0 unspecified atom stereocenters. The molecule has 0 aliphatic heterocycles. The van der Waals surface area contributed by atoms with E-state index in [1.54, 1.807) is 39.5 Å². The molecule has 6 aromatic carbocycles. The summed E-state index contributed by atoms with van der Waals surface area (Å²) in [7, 11) is 0. The molecule has 8 aromatic rings. The lowest BCUT2D eigenvalue weighted by Crippen LogP contribution is -2.02. The molecule has 0 bridgehead atoms. The van der Waals surface area contributed by atoms with Crippen LogP contribution < -0.4 is 0 Å². The molecule has 0 atom stereocenters. The van der Waals surface area contributed by atoms with E-state index in [4.69, 9.17) is 4.11 Å². The van der Waals surface area contributed by atoms with Crippen molar-refractivity contribution in [3.8, 4) is 40.7 Å². The van der Waals surface area contributed by atoms with Crippen molar-refractivity contribution in [2.75, 3.05) is 0 Å². The maximum Gasteiger partial charge on any atom is 0.101 e. The summed E-state index contributed by atoms with van der Waals surface area (Å²) < 4.78 is 58.3. The summed E-state index contributed by atoms with van der Waals surface area (Å²) in [5.74, 6) is 0. The average Bonchev–Trinajstić information content (AvgIpc) is 3.65. The SMILES string of the molecule is [2H]c1c([2H])c(C#N)c(-n2c3ccccc3c3cc(C#N)ccc32)c(-c2c([2H])c([2H])c(C#N)c(-n3c4ccccc4c4ccccc43)c2[2H])c1[2H]. The van der Waals surface area contributed by atoms with Crippen LogP contribution in [0.3, 0.4) is 0 Å². The molecule has 0 radical (unpaired) electrons. The minimum absolute atomic E-state index is 0.00584. The molecular weight excluding hydrogens is 538 g/mol. The summed E-state index contributed by atoms with van der Waals surface area (Å²) in [4.78, 5) is 0. The van der Waals surface area contributed by atoms with Crippen LogP contribution in [0.4, 0.5) is 0 Å².